The van der Waals surface area contributed by atoms with Crippen molar-refractivity contribution < 1.29 is 28.2 Å². The molecule has 21 heavy (non-hydrogen) atoms. The lowest BCUT2D eigenvalue weighted by atomic mass is 9.79. The molecule has 0 atom stereocenters. The summed E-state index contributed by atoms with van der Waals surface area (Å²) in [7, 11) is 0. The van der Waals surface area contributed by atoms with Gasteiger partial charge in [0.25, 0.3) is 0 Å². The Hall–Kier alpha value is -1.76. The summed E-state index contributed by atoms with van der Waals surface area (Å²) in [6.07, 6.45) is 1.06. The van der Waals surface area contributed by atoms with Gasteiger partial charge >= 0.3 is 5.97 Å². The minimum atomic E-state index is -1.22. The van der Waals surface area contributed by atoms with Gasteiger partial charge in [0.2, 0.25) is 0 Å². The number of aliphatic carboxylic acids is 1. The van der Waals surface area contributed by atoms with E-state index >= 15 is 0 Å². The molecule has 4 nitrogen and oxygen atoms in total. The fourth-order valence-corrected chi connectivity index (χ4v) is 2.54. The largest absolute Gasteiger partial charge is 0.481 e. The van der Waals surface area contributed by atoms with E-state index in [0.717, 1.165) is 0 Å². The average molecular weight is 303 g/mol. The van der Waals surface area contributed by atoms with Crippen LogP contribution in [0.15, 0.2) is 12.1 Å². The molecule has 0 bridgehead atoms. The number of benzene rings is 1. The predicted octanol–water partition coefficient (Wildman–Crippen LogP) is 2.52. The Bertz CT molecular complexity index is 519. The first-order valence-electron chi connectivity index (χ1n) is 6.64. The summed E-state index contributed by atoms with van der Waals surface area (Å²) in [5.41, 5.74) is -1.72. The van der Waals surface area contributed by atoms with Gasteiger partial charge < -0.3 is 15.5 Å². The highest BCUT2D eigenvalue weighted by atomic mass is 19.1. The molecule has 0 amide bonds. The Morgan fingerprint density at radius 2 is 1.76 bits per heavy atom. The lowest BCUT2D eigenvalue weighted by Gasteiger charge is -2.35. The maximum Gasteiger partial charge on any atom is 0.306 e. The smallest absolute Gasteiger partial charge is 0.306 e. The summed E-state index contributed by atoms with van der Waals surface area (Å²) in [6.45, 7) is -0.126. The van der Waals surface area contributed by atoms with Crippen LogP contribution in [-0.4, -0.2) is 28.3 Å². The van der Waals surface area contributed by atoms with Crippen LogP contribution in [0.25, 0.3) is 0 Å². The number of aliphatic hydroxyl groups is 1. The van der Waals surface area contributed by atoms with Gasteiger partial charge in [0.15, 0.2) is 11.6 Å². The van der Waals surface area contributed by atoms with Gasteiger partial charge in [0.05, 0.1) is 11.5 Å². The molecule has 0 aliphatic heterocycles. The lowest BCUT2D eigenvalue weighted by molar-refractivity contribution is -0.144. The van der Waals surface area contributed by atoms with Crippen LogP contribution in [0.3, 0.4) is 0 Å². The van der Waals surface area contributed by atoms with Gasteiger partial charge in [-0.15, -0.1) is 0 Å². The third kappa shape index (κ3) is 3.66. The fourth-order valence-electron chi connectivity index (χ4n) is 2.54. The summed E-state index contributed by atoms with van der Waals surface area (Å²) in [6, 6.07) is 1.10. The lowest BCUT2D eigenvalue weighted by Crippen LogP contribution is -2.42. The number of carboxylic acids is 1. The molecular formula is C14H16F3NO3. The van der Waals surface area contributed by atoms with E-state index < -0.39 is 40.6 Å². The summed E-state index contributed by atoms with van der Waals surface area (Å²) in [5.74, 6) is -4.56. The summed E-state index contributed by atoms with van der Waals surface area (Å²) in [4.78, 5) is 10.8. The van der Waals surface area contributed by atoms with Gasteiger partial charge in [-0.25, -0.2) is 13.2 Å². The van der Waals surface area contributed by atoms with E-state index in [1.165, 1.54) is 0 Å². The molecule has 1 aliphatic carbocycles. The first kappa shape index (κ1) is 15.6. The predicted molar refractivity (Wildman–Crippen MR) is 69.3 cm³/mol. The van der Waals surface area contributed by atoms with Gasteiger partial charge in [0, 0.05) is 18.7 Å². The van der Waals surface area contributed by atoms with Crippen molar-refractivity contribution in [2.75, 3.05) is 11.9 Å². The zero-order chi connectivity index (χ0) is 15.6. The van der Waals surface area contributed by atoms with Crippen LogP contribution in [0.2, 0.25) is 0 Å². The van der Waals surface area contributed by atoms with E-state index in [1.807, 2.05) is 0 Å². The molecule has 3 N–H and O–H groups in total. The molecule has 1 fully saturated rings. The van der Waals surface area contributed by atoms with Gasteiger partial charge in [-0.1, -0.05) is 0 Å². The molecule has 2 rings (SSSR count). The van der Waals surface area contributed by atoms with Crippen molar-refractivity contribution in [2.24, 2.45) is 5.92 Å². The molecule has 1 aromatic carbocycles. The number of hydrogen-bond donors (Lipinski definition) is 3. The van der Waals surface area contributed by atoms with E-state index in [9.17, 15) is 23.1 Å². The normalized spacial score (nSPS) is 25.6. The second-order valence-electron chi connectivity index (χ2n) is 5.43. The number of anilines is 1. The first-order valence-corrected chi connectivity index (χ1v) is 6.64. The number of halogens is 3. The van der Waals surface area contributed by atoms with Crippen molar-refractivity contribution in [1.82, 2.24) is 0 Å². The van der Waals surface area contributed by atoms with Crippen LogP contribution in [0.5, 0.6) is 0 Å². The standard InChI is InChI=1S/C14H16F3NO3/c15-9-5-10(16)12(11(17)6-9)18-7-14(21)3-1-8(2-4-14)13(19)20/h5-6,8,18,21H,1-4,7H2,(H,19,20). The van der Waals surface area contributed by atoms with Crippen LogP contribution in [-0.2, 0) is 4.79 Å². The van der Waals surface area contributed by atoms with E-state index in [-0.39, 0.29) is 19.4 Å². The van der Waals surface area contributed by atoms with Crippen molar-refractivity contribution in [1.29, 1.82) is 0 Å². The topological polar surface area (TPSA) is 69.6 Å². The van der Waals surface area contributed by atoms with E-state index in [1.54, 1.807) is 0 Å². The molecule has 0 spiro atoms. The monoisotopic (exact) mass is 303 g/mol. The van der Waals surface area contributed by atoms with Gasteiger partial charge in [-0.05, 0) is 25.7 Å². The minimum absolute atomic E-state index is 0.126. The zero-order valence-electron chi connectivity index (χ0n) is 11.2. The number of carbonyl (C=O) groups is 1. The Kier molecular flexibility index (Phi) is 4.41. The van der Waals surface area contributed by atoms with Gasteiger partial charge in [-0.2, -0.15) is 0 Å². The third-order valence-electron chi connectivity index (χ3n) is 3.87. The van der Waals surface area contributed by atoms with Crippen LogP contribution < -0.4 is 5.32 Å². The first-order chi connectivity index (χ1) is 9.81. The van der Waals surface area contributed by atoms with Crippen LogP contribution in [0, 0.1) is 23.4 Å². The van der Waals surface area contributed by atoms with E-state index in [0.29, 0.717) is 25.0 Å². The van der Waals surface area contributed by atoms with E-state index in [4.69, 9.17) is 5.11 Å². The second-order valence-corrected chi connectivity index (χ2v) is 5.43. The zero-order valence-corrected chi connectivity index (χ0v) is 11.2. The maximum absolute atomic E-state index is 13.5. The van der Waals surface area contributed by atoms with Crippen molar-refractivity contribution in [3.8, 4) is 0 Å². The maximum atomic E-state index is 13.5. The molecule has 1 aliphatic rings. The molecule has 0 aromatic heterocycles. The van der Waals surface area contributed by atoms with Crippen molar-refractivity contribution in [3.63, 3.8) is 0 Å². The molecule has 0 heterocycles. The third-order valence-corrected chi connectivity index (χ3v) is 3.87. The molecule has 0 saturated heterocycles. The Balaban J connectivity index is 1.99. The van der Waals surface area contributed by atoms with Crippen molar-refractivity contribution in [2.45, 2.75) is 31.3 Å². The molecule has 0 unspecified atom stereocenters. The van der Waals surface area contributed by atoms with Crippen molar-refractivity contribution >= 4 is 11.7 Å². The highest BCUT2D eigenvalue weighted by Crippen LogP contribution is 2.33. The Labute approximate surface area is 119 Å². The quantitative estimate of drug-likeness (QED) is 0.799. The Morgan fingerprint density at radius 1 is 1.24 bits per heavy atom. The minimum Gasteiger partial charge on any atom is -0.481 e. The SMILES string of the molecule is O=C(O)C1CCC(O)(CNc2c(F)cc(F)cc2F)CC1. The molecule has 1 saturated carbocycles. The molecular weight excluding hydrogens is 287 g/mol. The van der Waals surface area contributed by atoms with Crippen LogP contribution in [0.4, 0.5) is 18.9 Å². The average Bonchev–Trinajstić information content (AvgIpc) is 2.37. The summed E-state index contributed by atoms with van der Waals surface area (Å²) < 4.78 is 39.7. The highest BCUT2D eigenvalue weighted by molar-refractivity contribution is 5.70. The molecule has 0 radical (unpaired) electrons. The Morgan fingerprint density at radius 3 is 2.24 bits per heavy atom. The summed E-state index contributed by atoms with van der Waals surface area (Å²) in [5, 5.41) is 21.6. The van der Waals surface area contributed by atoms with Gasteiger partial charge in [0.1, 0.15) is 11.5 Å². The molecule has 116 valence electrons. The van der Waals surface area contributed by atoms with Crippen LogP contribution in [0.1, 0.15) is 25.7 Å². The molecule has 1 aromatic rings. The summed E-state index contributed by atoms with van der Waals surface area (Å²) >= 11 is 0. The van der Waals surface area contributed by atoms with Gasteiger partial charge in [-0.3, -0.25) is 4.79 Å². The fraction of sp³-hybridized carbons (Fsp3) is 0.500. The highest BCUT2D eigenvalue weighted by Gasteiger charge is 2.35. The number of rotatable bonds is 4. The van der Waals surface area contributed by atoms with Crippen LogP contribution >= 0.6 is 0 Å². The molecule has 7 heteroatoms. The number of carboxylic acid groups (broad SMARTS) is 1. The second kappa shape index (κ2) is 5.93. The van der Waals surface area contributed by atoms with E-state index in [2.05, 4.69) is 5.32 Å². The number of nitrogens with one attached hydrogen (secondary N) is 1. The number of hydrogen-bond acceptors (Lipinski definition) is 3. The van der Waals surface area contributed by atoms with Crippen molar-refractivity contribution in [3.05, 3.63) is 29.6 Å².